The maximum atomic E-state index is 13.7. The average molecular weight is 505 g/mol. The van der Waals surface area contributed by atoms with E-state index in [-0.39, 0.29) is 54.4 Å². The Labute approximate surface area is 214 Å². The van der Waals surface area contributed by atoms with Crippen molar-refractivity contribution in [1.82, 2.24) is 0 Å². The summed E-state index contributed by atoms with van der Waals surface area (Å²) >= 11 is 0. The number of nitro benzene ring substituents is 1. The molecule has 1 unspecified atom stereocenters. The number of carbonyl (C=O) groups excluding carboxylic acids is 2. The molecule has 0 spiro atoms. The van der Waals surface area contributed by atoms with E-state index in [0.29, 0.717) is 29.2 Å². The van der Waals surface area contributed by atoms with Crippen LogP contribution in [-0.4, -0.2) is 35.8 Å². The highest BCUT2D eigenvalue weighted by atomic mass is 16.7. The third-order valence-electron chi connectivity index (χ3n) is 7.03. The number of carbonyl (C=O) groups is 2. The van der Waals surface area contributed by atoms with E-state index in [2.05, 4.69) is 0 Å². The molecule has 0 saturated heterocycles. The van der Waals surface area contributed by atoms with Crippen molar-refractivity contribution in [2.24, 2.45) is 16.8 Å². The Kier molecular flexibility index (Phi) is 6.54. The number of ketones is 1. The minimum absolute atomic E-state index is 0.0629. The molecule has 192 valence electrons. The molecule has 3 atom stereocenters. The lowest BCUT2D eigenvalue weighted by Gasteiger charge is -2.36. The first-order valence-corrected chi connectivity index (χ1v) is 12.4. The van der Waals surface area contributed by atoms with Crippen LogP contribution in [0, 0.1) is 22.0 Å². The number of Topliss-reactive ketones (excluding diaryl/α,β-unsaturated/α-hetero) is 1. The number of aliphatic imine (C=N–C) groups is 1. The fourth-order valence-corrected chi connectivity index (χ4v) is 5.35. The molecule has 2 aromatic rings. The van der Waals surface area contributed by atoms with Gasteiger partial charge in [-0.3, -0.25) is 24.7 Å². The molecule has 0 aromatic heterocycles. The van der Waals surface area contributed by atoms with Crippen LogP contribution in [0.25, 0.3) is 0 Å². The number of ether oxygens (including phenoxy) is 3. The van der Waals surface area contributed by atoms with E-state index < -0.39 is 22.7 Å². The standard InChI is InChI=1S/C28H28N2O7/c1-15(2)13-35-28(32)25-16(3)29-20-9-18(17-7-5-4-6-8-17)10-22(31)27(20)26(25)19-11-23-24(37-14-36-23)12-21(19)30(33)34/h4-8,11-12,15,18,25-26H,9-10,13-14H2,1-3H3/t18-,25?,26+/m0/s1. The van der Waals surface area contributed by atoms with Crippen LogP contribution in [0.4, 0.5) is 5.69 Å². The summed E-state index contributed by atoms with van der Waals surface area (Å²) in [6.07, 6.45) is 0.713. The van der Waals surface area contributed by atoms with Crippen molar-refractivity contribution >= 4 is 23.2 Å². The highest BCUT2D eigenvalue weighted by Crippen LogP contribution is 2.51. The monoisotopic (exact) mass is 504 g/mol. The molecule has 9 nitrogen and oxygen atoms in total. The van der Waals surface area contributed by atoms with Crippen molar-refractivity contribution in [3.05, 3.63) is 75.0 Å². The number of nitro groups is 1. The van der Waals surface area contributed by atoms with Crippen molar-refractivity contribution < 1.29 is 28.7 Å². The van der Waals surface area contributed by atoms with Gasteiger partial charge in [-0.15, -0.1) is 0 Å². The summed E-state index contributed by atoms with van der Waals surface area (Å²) in [7, 11) is 0. The molecule has 0 amide bonds. The van der Waals surface area contributed by atoms with Crippen LogP contribution < -0.4 is 9.47 Å². The Balaban J connectivity index is 1.65. The van der Waals surface area contributed by atoms with Gasteiger partial charge in [0.05, 0.1) is 17.6 Å². The van der Waals surface area contributed by atoms with E-state index in [1.807, 2.05) is 44.2 Å². The van der Waals surface area contributed by atoms with E-state index in [1.165, 1.54) is 12.1 Å². The molecule has 37 heavy (non-hydrogen) atoms. The SMILES string of the molecule is CC1=NC2=C(C(=O)C[C@@H](c3ccccc3)C2)[C@H](c2cc3c(cc2[N+](=O)[O-])OCO3)C1C(=O)OCC(C)C. The fraction of sp³-hybridized carbons (Fsp3) is 0.393. The molecule has 5 rings (SSSR count). The van der Waals surface area contributed by atoms with Crippen molar-refractivity contribution in [2.45, 2.75) is 45.4 Å². The zero-order valence-electron chi connectivity index (χ0n) is 20.9. The highest BCUT2D eigenvalue weighted by molar-refractivity contribution is 6.09. The van der Waals surface area contributed by atoms with Crippen LogP contribution in [-0.2, 0) is 14.3 Å². The van der Waals surface area contributed by atoms with E-state index in [9.17, 15) is 19.7 Å². The summed E-state index contributed by atoms with van der Waals surface area (Å²) in [5.74, 6) is -2.02. The Hall–Kier alpha value is -4.01. The zero-order chi connectivity index (χ0) is 26.3. The first-order chi connectivity index (χ1) is 17.7. The second-order valence-electron chi connectivity index (χ2n) is 10.1. The summed E-state index contributed by atoms with van der Waals surface area (Å²) in [5, 5.41) is 12.2. The van der Waals surface area contributed by atoms with E-state index in [4.69, 9.17) is 19.2 Å². The largest absolute Gasteiger partial charge is 0.465 e. The van der Waals surface area contributed by atoms with Crippen LogP contribution in [0.5, 0.6) is 11.5 Å². The van der Waals surface area contributed by atoms with Crippen LogP contribution >= 0.6 is 0 Å². The lowest BCUT2D eigenvalue weighted by atomic mass is 9.69. The Morgan fingerprint density at radius 3 is 2.54 bits per heavy atom. The van der Waals surface area contributed by atoms with E-state index in [0.717, 1.165) is 5.56 Å². The minimum atomic E-state index is -0.978. The molecule has 0 N–H and O–H groups in total. The van der Waals surface area contributed by atoms with Crippen LogP contribution in [0.1, 0.15) is 56.6 Å². The van der Waals surface area contributed by atoms with Gasteiger partial charge in [0.25, 0.3) is 5.69 Å². The number of benzene rings is 2. The minimum Gasteiger partial charge on any atom is -0.465 e. The normalized spacial score (nSPS) is 22.5. The van der Waals surface area contributed by atoms with Crippen LogP contribution in [0.15, 0.2) is 58.7 Å². The van der Waals surface area contributed by atoms with E-state index >= 15 is 0 Å². The second kappa shape index (κ2) is 9.80. The van der Waals surface area contributed by atoms with Crippen LogP contribution in [0.3, 0.4) is 0 Å². The maximum Gasteiger partial charge on any atom is 0.315 e. The quantitative estimate of drug-likeness (QED) is 0.305. The molecule has 0 saturated carbocycles. The van der Waals surface area contributed by atoms with Gasteiger partial charge in [0.1, 0.15) is 5.92 Å². The number of nitrogens with zero attached hydrogens (tertiary/aromatic N) is 2. The molecule has 1 aliphatic carbocycles. The molecule has 3 aliphatic rings. The summed E-state index contributed by atoms with van der Waals surface area (Å²) in [6, 6.07) is 12.6. The number of hydrogen-bond donors (Lipinski definition) is 0. The van der Waals surface area contributed by atoms with Gasteiger partial charge in [0.15, 0.2) is 17.3 Å². The zero-order valence-corrected chi connectivity index (χ0v) is 20.9. The lowest BCUT2D eigenvalue weighted by molar-refractivity contribution is -0.385. The third-order valence-corrected chi connectivity index (χ3v) is 7.03. The average Bonchev–Trinajstić information content (AvgIpc) is 3.33. The van der Waals surface area contributed by atoms with Crippen LogP contribution in [0.2, 0.25) is 0 Å². The smallest absolute Gasteiger partial charge is 0.315 e. The highest BCUT2D eigenvalue weighted by Gasteiger charge is 2.47. The first-order valence-electron chi connectivity index (χ1n) is 12.4. The Morgan fingerprint density at radius 1 is 1.16 bits per heavy atom. The molecule has 0 radical (unpaired) electrons. The van der Waals surface area contributed by atoms with Gasteiger partial charge in [-0.1, -0.05) is 44.2 Å². The van der Waals surface area contributed by atoms with Gasteiger partial charge in [-0.2, -0.15) is 0 Å². The van der Waals surface area contributed by atoms with Gasteiger partial charge in [0, 0.05) is 34.9 Å². The number of hydrogen-bond acceptors (Lipinski definition) is 8. The summed E-state index contributed by atoms with van der Waals surface area (Å²) < 4.78 is 16.5. The molecule has 0 fully saturated rings. The molecule has 2 heterocycles. The fourth-order valence-electron chi connectivity index (χ4n) is 5.35. The van der Waals surface area contributed by atoms with Gasteiger partial charge in [-0.25, -0.2) is 0 Å². The second-order valence-corrected chi connectivity index (χ2v) is 10.1. The topological polar surface area (TPSA) is 117 Å². The van der Waals surface area contributed by atoms with Gasteiger partial charge < -0.3 is 14.2 Å². The molecule has 2 aliphatic heterocycles. The van der Waals surface area contributed by atoms with Gasteiger partial charge in [-0.05, 0) is 36.8 Å². The molecular weight excluding hydrogens is 476 g/mol. The third kappa shape index (κ3) is 4.61. The summed E-state index contributed by atoms with van der Waals surface area (Å²) in [6.45, 7) is 5.68. The Morgan fingerprint density at radius 2 is 1.86 bits per heavy atom. The van der Waals surface area contributed by atoms with Crippen molar-refractivity contribution in [3.8, 4) is 11.5 Å². The molecular formula is C28H28N2O7. The number of allylic oxidation sites excluding steroid dienone is 2. The molecule has 2 aromatic carbocycles. The first kappa shape index (κ1) is 24.7. The maximum absolute atomic E-state index is 13.7. The number of esters is 1. The van der Waals surface area contributed by atoms with Gasteiger partial charge in [0.2, 0.25) is 6.79 Å². The van der Waals surface area contributed by atoms with Gasteiger partial charge >= 0.3 is 5.97 Å². The van der Waals surface area contributed by atoms with Crippen molar-refractivity contribution in [1.29, 1.82) is 0 Å². The lowest BCUT2D eigenvalue weighted by Crippen LogP contribution is -2.38. The van der Waals surface area contributed by atoms with Crippen molar-refractivity contribution in [2.75, 3.05) is 13.4 Å². The summed E-state index contributed by atoms with van der Waals surface area (Å²) in [5.41, 5.74) is 2.37. The van der Waals surface area contributed by atoms with E-state index in [1.54, 1.807) is 6.92 Å². The predicted octanol–water partition coefficient (Wildman–Crippen LogP) is 5.10. The molecule has 9 heteroatoms. The predicted molar refractivity (Wildman–Crippen MR) is 135 cm³/mol. The summed E-state index contributed by atoms with van der Waals surface area (Å²) in [4.78, 5) is 43.6. The van der Waals surface area contributed by atoms with Crippen molar-refractivity contribution in [3.63, 3.8) is 0 Å². The Bertz CT molecular complexity index is 1330. The molecule has 0 bridgehead atoms. The number of rotatable bonds is 6. The number of fused-ring (bicyclic) bond motifs is 1.